The van der Waals surface area contributed by atoms with Crippen LogP contribution in [-0.4, -0.2) is 49.3 Å². The van der Waals surface area contributed by atoms with E-state index < -0.39 is 22.7 Å². The van der Waals surface area contributed by atoms with Crippen LogP contribution in [0.5, 0.6) is 5.75 Å². The van der Waals surface area contributed by atoms with Crippen molar-refractivity contribution in [3.05, 3.63) is 94.1 Å². The minimum absolute atomic E-state index is 0.115. The third-order valence-electron chi connectivity index (χ3n) is 5.89. The average Bonchev–Trinajstić information content (AvgIpc) is 3.49. The average molecular weight is 491 g/mol. The number of ketones is 1. The number of likely N-dealkylation sites (tertiary alicyclic amines) is 1. The Hall–Kier alpha value is -4.47. The number of benzene rings is 2. The van der Waals surface area contributed by atoms with E-state index in [1.165, 1.54) is 23.1 Å². The van der Waals surface area contributed by atoms with Crippen molar-refractivity contribution in [1.82, 2.24) is 14.5 Å². The Bertz CT molecular complexity index is 1300. The second-order valence-electron chi connectivity index (χ2n) is 8.37. The molecule has 2 heterocycles. The number of nitrogens with zero attached hydrogens (tertiary/aromatic N) is 4. The number of amides is 1. The molecule has 0 aliphatic carbocycles. The highest BCUT2D eigenvalue weighted by Gasteiger charge is 2.46. The van der Waals surface area contributed by atoms with Crippen molar-refractivity contribution in [2.24, 2.45) is 0 Å². The van der Waals surface area contributed by atoms with Crippen LogP contribution in [0.1, 0.15) is 36.9 Å². The lowest BCUT2D eigenvalue weighted by molar-refractivity contribution is -0.384. The summed E-state index contributed by atoms with van der Waals surface area (Å²) >= 11 is 0. The summed E-state index contributed by atoms with van der Waals surface area (Å²) in [5.41, 5.74) is 0.392. The van der Waals surface area contributed by atoms with Crippen LogP contribution in [0.25, 0.3) is 5.76 Å². The summed E-state index contributed by atoms with van der Waals surface area (Å²) in [6.45, 7) is 3.21. The summed E-state index contributed by atoms with van der Waals surface area (Å²) in [6.07, 6.45) is 6.40. The smallest absolute Gasteiger partial charge is 0.295 e. The summed E-state index contributed by atoms with van der Waals surface area (Å²) in [5.74, 6) is -1.45. The number of aliphatic hydroxyl groups excluding tert-OH is 1. The van der Waals surface area contributed by atoms with E-state index in [4.69, 9.17) is 4.74 Å². The number of ether oxygens (including phenoxy) is 1. The largest absolute Gasteiger partial charge is 0.507 e. The molecule has 1 aliphatic heterocycles. The van der Waals surface area contributed by atoms with Gasteiger partial charge in [-0.1, -0.05) is 31.2 Å². The zero-order chi connectivity index (χ0) is 25.7. The van der Waals surface area contributed by atoms with E-state index in [1.54, 1.807) is 49.1 Å². The van der Waals surface area contributed by atoms with Gasteiger partial charge in [0, 0.05) is 43.2 Å². The first kappa shape index (κ1) is 24.6. The quantitative estimate of drug-likeness (QED) is 0.149. The second kappa shape index (κ2) is 10.9. The van der Waals surface area contributed by atoms with Crippen LogP contribution in [0.15, 0.2) is 72.8 Å². The van der Waals surface area contributed by atoms with Gasteiger partial charge in [-0.05, 0) is 30.5 Å². The first-order valence-corrected chi connectivity index (χ1v) is 11.6. The van der Waals surface area contributed by atoms with E-state index in [0.29, 0.717) is 36.4 Å². The zero-order valence-corrected chi connectivity index (χ0v) is 19.7. The topological polar surface area (TPSA) is 128 Å². The lowest BCUT2D eigenvalue weighted by Gasteiger charge is -2.25. The lowest BCUT2D eigenvalue weighted by Crippen LogP contribution is -2.31. The fourth-order valence-corrected chi connectivity index (χ4v) is 4.22. The molecule has 1 N–H and O–H groups in total. The van der Waals surface area contributed by atoms with Gasteiger partial charge in [-0.15, -0.1) is 0 Å². The SMILES string of the molecule is CCCOc1cccc(C(O)=C2C(=O)C(=O)N(CCCn3ccnc3)C2c2cccc([N+](=O)[O-])c2)c1. The number of hydrogen-bond acceptors (Lipinski definition) is 7. The van der Waals surface area contributed by atoms with Gasteiger partial charge in [-0.2, -0.15) is 0 Å². The van der Waals surface area contributed by atoms with E-state index in [2.05, 4.69) is 4.98 Å². The van der Waals surface area contributed by atoms with Crippen molar-refractivity contribution < 1.29 is 24.4 Å². The summed E-state index contributed by atoms with van der Waals surface area (Å²) in [7, 11) is 0. The van der Waals surface area contributed by atoms with Crippen LogP contribution in [0.3, 0.4) is 0 Å². The van der Waals surface area contributed by atoms with Gasteiger partial charge in [0.2, 0.25) is 0 Å². The molecule has 36 heavy (non-hydrogen) atoms. The van der Waals surface area contributed by atoms with E-state index >= 15 is 0 Å². The summed E-state index contributed by atoms with van der Waals surface area (Å²) < 4.78 is 7.49. The highest BCUT2D eigenvalue weighted by atomic mass is 16.6. The van der Waals surface area contributed by atoms with Crippen molar-refractivity contribution in [3.63, 3.8) is 0 Å². The zero-order valence-electron chi connectivity index (χ0n) is 19.7. The lowest BCUT2D eigenvalue weighted by atomic mass is 9.95. The van der Waals surface area contributed by atoms with Gasteiger partial charge in [-0.3, -0.25) is 19.7 Å². The van der Waals surface area contributed by atoms with Crippen molar-refractivity contribution in [2.45, 2.75) is 32.4 Å². The molecule has 0 saturated carbocycles. The van der Waals surface area contributed by atoms with Crippen molar-refractivity contribution in [2.75, 3.05) is 13.2 Å². The Morgan fingerprint density at radius 2 is 1.97 bits per heavy atom. The number of rotatable bonds is 10. The fraction of sp³-hybridized carbons (Fsp3) is 0.269. The first-order chi connectivity index (χ1) is 17.4. The van der Waals surface area contributed by atoms with Crippen molar-refractivity contribution in [1.29, 1.82) is 0 Å². The maximum atomic E-state index is 13.2. The van der Waals surface area contributed by atoms with Crippen molar-refractivity contribution in [3.8, 4) is 5.75 Å². The molecular formula is C26H26N4O6. The Labute approximate surface area is 207 Å². The van der Waals surface area contributed by atoms with Gasteiger partial charge in [0.15, 0.2) is 0 Å². The molecule has 1 fully saturated rings. The van der Waals surface area contributed by atoms with Gasteiger partial charge in [0.25, 0.3) is 17.4 Å². The molecule has 186 valence electrons. The number of aromatic nitrogens is 2. The van der Waals surface area contributed by atoms with Crippen LogP contribution in [0.4, 0.5) is 5.69 Å². The molecule has 1 amide bonds. The van der Waals surface area contributed by atoms with Gasteiger partial charge in [0.1, 0.15) is 11.5 Å². The summed E-state index contributed by atoms with van der Waals surface area (Å²) in [6, 6.07) is 11.4. The number of carbonyl (C=O) groups is 2. The van der Waals surface area contributed by atoms with Crippen molar-refractivity contribution >= 4 is 23.1 Å². The van der Waals surface area contributed by atoms with Crippen LogP contribution in [0, 0.1) is 10.1 Å². The Morgan fingerprint density at radius 3 is 2.69 bits per heavy atom. The van der Waals surface area contributed by atoms with Crippen LogP contribution < -0.4 is 4.74 Å². The van der Waals surface area contributed by atoms with Crippen LogP contribution in [-0.2, 0) is 16.1 Å². The number of imidazole rings is 1. The molecule has 1 aromatic heterocycles. The number of aryl methyl sites for hydroxylation is 1. The number of aliphatic hydroxyl groups is 1. The maximum Gasteiger partial charge on any atom is 0.295 e. The highest BCUT2D eigenvalue weighted by molar-refractivity contribution is 6.46. The highest BCUT2D eigenvalue weighted by Crippen LogP contribution is 2.40. The van der Waals surface area contributed by atoms with Crippen LogP contribution in [0.2, 0.25) is 0 Å². The van der Waals surface area contributed by atoms with E-state index in [1.807, 2.05) is 11.5 Å². The Morgan fingerprint density at radius 1 is 1.17 bits per heavy atom. The molecule has 0 bridgehead atoms. The van der Waals surface area contributed by atoms with Crippen LogP contribution >= 0.6 is 0 Å². The number of carbonyl (C=O) groups excluding carboxylic acids is 2. The summed E-state index contributed by atoms with van der Waals surface area (Å²) in [4.78, 5) is 42.5. The molecule has 1 unspecified atom stereocenters. The molecule has 1 saturated heterocycles. The number of nitro groups is 1. The Balaban J connectivity index is 1.75. The number of nitro benzene ring substituents is 1. The van der Waals surface area contributed by atoms with E-state index in [0.717, 1.165) is 6.42 Å². The molecule has 3 aromatic rings. The number of hydrogen-bond donors (Lipinski definition) is 1. The first-order valence-electron chi connectivity index (χ1n) is 11.6. The minimum atomic E-state index is -0.979. The predicted molar refractivity (Wildman–Crippen MR) is 131 cm³/mol. The van der Waals surface area contributed by atoms with E-state index in [-0.39, 0.29) is 23.6 Å². The third-order valence-corrected chi connectivity index (χ3v) is 5.89. The van der Waals surface area contributed by atoms with E-state index in [9.17, 15) is 24.8 Å². The fourth-order valence-electron chi connectivity index (χ4n) is 4.22. The standard InChI is InChI=1S/C26H26N4O6/c1-2-14-36-21-9-4-7-19(16-21)24(31)22-23(18-6-3-8-20(15-18)30(34)35)29(26(33)25(22)32)12-5-11-28-13-10-27-17-28/h3-4,6-10,13,15-17,23,31H,2,5,11-12,14H2,1H3. The molecule has 0 radical (unpaired) electrons. The van der Waals surface area contributed by atoms with Gasteiger partial charge in [-0.25, -0.2) is 4.98 Å². The molecule has 2 aromatic carbocycles. The maximum absolute atomic E-state index is 13.2. The van der Waals surface area contributed by atoms with Gasteiger partial charge >= 0.3 is 0 Å². The molecule has 1 atom stereocenters. The molecule has 4 rings (SSSR count). The number of non-ortho nitro benzene ring substituents is 1. The van der Waals surface area contributed by atoms with Gasteiger partial charge in [0.05, 0.1) is 29.5 Å². The molecule has 10 nitrogen and oxygen atoms in total. The van der Waals surface area contributed by atoms with Gasteiger partial charge < -0.3 is 19.3 Å². The third kappa shape index (κ3) is 5.12. The molecular weight excluding hydrogens is 464 g/mol. The molecule has 0 spiro atoms. The Kier molecular flexibility index (Phi) is 7.43. The number of Topliss-reactive ketones (excluding diaryl/α,β-unsaturated/α-hetero) is 1. The predicted octanol–water partition coefficient (Wildman–Crippen LogP) is 4.09. The normalized spacial score (nSPS) is 16.9. The second-order valence-corrected chi connectivity index (χ2v) is 8.37. The monoisotopic (exact) mass is 490 g/mol. The minimum Gasteiger partial charge on any atom is -0.507 e. The molecule has 1 aliphatic rings. The summed E-state index contributed by atoms with van der Waals surface area (Å²) in [5, 5.41) is 22.7. The molecule has 10 heteroatoms.